The predicted octanol–water partition coefficient (Wildman–Crippen LogP) is 5.05. The summed E-state index contributed by atoms with van der Waals surface area (Å²) in [7, 11) is 1.68. The van der Waals surface area contributed by atoms with Crippen LogP contribution in [0, 0.1) is 17.8 Å². The third kappa shape index (κ3) is 2.92. The van der Waals surface area contributed by atoms with Crippen LogP contribution in [0.5, 0.6) is 5.75 Å². The zero-order chi connectivity index (χ0) is 17.1. The van der Waals surface area contributed by atoms with E-state index in [1.807, 2.05) is 24.3 Å². The second-order valence-electron chi connectivity index (χ2n) is 6.46. The molecule has 0 bridgehead atoms. The molecule has 3 aromatic carbocycles. The van der Waals surface area contributed by atoms with Crippen LogP contribution in [0.1, 0.15) is 23.1 Å². The molecule has 25 heavy (non-hydrogen) atoms. The second-order valence-corrected chi connectivity index (χ2v) is 6.46. The molecule has 4 rings (SSSR count). The molecule has 0 saturated heterocycles. The minimum atomic E-state index is 0.0298. The normalized spacial score (nSPS) is 17.2. The van der Waals surface area contributed by atoms with Crippen molar-refractivity contribution in [3.05, 3.63) is 102 Å². The van der Waals surface area contributed by atoms with Crippen LogP contribution >= 0.6 is 0 Å². The Kier molecular flexibility index (Phi) is 4.04. The molecule has 1 fully saturated rings. The molecule has 1 saturated carbocycles. The van der Waals surface area contributed by atoms with Gasteiger partial charge in [-0.3, -0.25) is 0 Å². The van der Waals surface area contributed by atoms with Gasteiger partial charge in [-0.2, -0.15) is 0 Å². The van der Waals surface area contributed by atoms with Crippen molar-refractivity contribution in [2.75, 3.05) is 7.11 Å². The molecule has 0 N–H and O–H groups in total. The third-order valence-corrected chi connectivity index (χ3v) is 5.02. The van der Waals surface area contributed by atoms with Gasteiger partial charge in [0.2, 0.25) is 0 Å². The fraction of sp³-hybridized carbons (Fsp3) is 0.167. The van der Waals surface area contributed by atoms with Crippen molar-refractivity contribution < 1.29 is 4.74 Å². The van der Waals surface area contributed by atoms with Crippen LogP contribution < -0.4 is 4.74 Å². The highest BCUT2D eigenvalue weighted by atomic mass is 16.5. The molecule has 3 aromatic rings. The molecule has 0 aromatic heterocycles. The van der Waals surface area contributed by atoms with Gasteiger partial charge in [0.15, 0.2) is 0 Å². The molecule has 1 nitrogen and oxygen atoms in total. The van der Waals surface area contributed by atoms with Crippen LogP contribution in [0.2, 0.25) is 0 Å². The Labute approximate surface area is 149 Å². The van der Waals surface area contributed by atoms with Gasteiger partial charge in [0.05, 0.1) is 7.11 Å². The molecule has 122 valence electrons. The fourth-order valence-corrected chi connectivity index (χ4v) is 3.56. The maximum Gasteiger partial charge on any atom is 0.118 e. The van der Waals surface area contributed by atoms with Crippen molar-refractivity contribution in [3.63, 3.8) is 0 Å². The van der Waals surface area contributed by atoms with Gasteiger partial charge in [0.1, 0.15) is 5.75 Å². The smallest absolute Gasteiger partial charge is 0.118 e. The van der Waals surface area contributed by atoms with Gasteiger partial charge < -0.3 is 4.74 Å². The van der Waals surface area contributed by atoms with Crippen LogP contribution in [0.4, 0.5) is 0 Å². The van der Waals surface area contributed by atoms with E-state index in [9.17, 15) is 0 Å². The Morgan fingerprint density at radius 2 is 1.36 bits per heavy atom. The summed E-state index contributed by atoms with van der Waals surface area (Å²) in [5, 5.41) is 0. The second kappa shape index (κ2) is 6.49. The minimum Gasteiger partial charge on any atom is -0.497 e. The Bertz CT molecular complexity index is 860. The monoisotopic (exact) mass is 324 g/mol. The minimum absolute atomic E-state index is 0.0298. The Balaban J connectivity index is 1.66. The van der Waals surface area contributed by atoms with Crippen molar-refractivity contribution in [3.8, 4) is 17.6 Å². The zero-order valence-corrected chi connectivity index (χ0v) is 14.3. The van der Waals surface area contributed by atoms with E-state index in [1.165, 1.54) is 11.1 Å². The summed E-state index contributed by atoms with van der Waals surface area (Å²) in [6, 6.07) is 29.5. The van der Waals surface area contributed by atoms with Gasteiger partial charge in [0.25, 0.3) is 0 Å². The van der Waals surface area contributed by atoms with Crippen LogP contribution in [-0.2, 0) is 5.41 Å². The molecule has 0 amide bonds. The summed E-state index contributed by atoms with van der Waals surface area (Å²) < 4.78 is 5.21. The van der Waals surface area contributed by atoms with Crippen molar-refractivity contribution in [2.45, 2.75) is 11.8 Å². The summed E-state index contributed by atoms with van der Waals surface area (Å²) >= 11 is 0. The standard InChI is InChI=1S/C24H20O/c1-25-23-16-13-19(14-17-23)12-15-22-18-24(22,20-8-4-2-5-9-20)21-10-6-3-7-11-21/h2-11,13-14,16-17,22H,18H2,1H3/t22-/m1/s1. The molecule has 0 aliphatic heterocycles. The first kappa shape index (κ1) is 15.5. The Morgan fingerprint density at radius 1 is 0.800 bits per heavy atom. The molecular formula is C24H20O. The van der Waals surface area contributed by atoms with E-state index < -0.39 is 0 Å². The van der Waals surface area contributed by atoms with Gasteiger partial charge >= 0.3 is 0 Å². The summed E-state index contributed by atoms with van der Waals surface area (Å²) in [6.07, 6.45) is 1.07. The van der Waals surface area contributed by atoms with Crippen molar-refractivity contribution in [2.24, 2.45) is 5.92 Å². The summed E-state index contributed by atoms with van der Waals surface area (Å²) in [6.45, 7) is 0. The van der Waals surface area contributed by atoms with E-state index in [0.717, 1.165) is 17.7 Å². The largest absolute Gasteiger partial charge is 0.497 e. The Hall–Kier alpha value is -2.98. The van der Waals surface area contributed by atoms with Gasteiger partial charge in [0, 0.05) is 16.9 Å². The van der Waals surface area contributed by atoms with E-state index >= 15 is 0 Å². The van der Waals surface area contributed by atoms with E-state index in [1.54, 1.807) is 7.11 Å². The maximum atomic E-state index is 5.21. The molecule has 0 heterocycles. The lowest BCUT2D eigenvalue weighted by Crippen LogP contribution is -2.11. The number of hydrogen-bond donors (Lipinski definition) is 0. The SMILES string of the molecule is COc1ccc(C#C[C@@H]2CC2(c2ccccc2)c2ccccc2)cc1. The van der Waals surface area contributed by atoms with E-state index in [-0.39, 0.29) is 5.41 Å². The topological polar surface area (TPSA) is 9.23 Å². The molecule has 0 spiro atoms. The van der Waals surface area contributed by atoms with Crippen LogP contribution in [0.3, 0.4) is 0 Å². The third-order valence-electron chi connectivity index (χ3n) is 5.02. The van der Waals surface area contributed by atoms with Crippen molar-refractivity contribution >= 4 is 0 Å². The van der Waals surface area contributed by atoms with E-state index in [0.29, 0.717) is 5.92 Å². The van der Waals surface area contributed by atoms with Gasteiger partial charge in [-0.25, -0.2) is 0 Å². The molecule has 1 heteroatoms. The molecule has 1 aliphatic carbocycles. The van der Waals surface area contributed by atoms with Crippen LogP contribution in [0.25, 0.3) is 0 Å². The highest BCUT2D eigenvalue weighted by molar-refractivity contribution is 5.51. The van der Waals surface area contributed by atoms with Crippen LogP contribution in [0.15, 0.2) is 84.9 Å². The van der Waals surface area contributed by atoms with Crippen LogP contribution in [-0.4, -0.2) is 7.11 Å². The molecule has 0 unspecified atom stereocenters. The number of ether oxygens (including phenoxy) is 1. The Morgan fingerprint density at radius 3 is 1.88 bits per heavy atom. The summed E-state index contributed by atoms with van der Waals surface area (Å²) in [5.74, 6) is 8.06. The average Bonchev–Trinajstić information content (AvgIpc) is 3.44. The summed E-state index contributed by atoms with van der Waals surface area (Å²) in [5.41, 5.74) is 3.77. The number of rotatable bonds is 3. The fourth-order valence-electron chi connectivity index (χ4n) is 3.56. The quantitative estimate of drug-likeness (QED) is 0.612. The molecular weight excluding hydrogens is 304 g/mol. The number of benzene rings is 3. The first-order valence-corrected chi connectivity index (χ1v) is 8.59. The molecule has 1 aliphatic rings. The van der Waals surface area contributed by atoms with E-state index in [4.69, 9.17) is 4.74 Å². The van der Waals surface area contributed by atoms with Gasteiger partial charge in [-0.15, -0.1) is 0 Å². The number of hydrogen-bond acceptors (Lipinski definition) is 1. The lowest BCUT2D eigenvalue weighted by Gasteiger charge is -2.17. The highest BCUT2D eigenvalue weighted by Crippen LogP contribution is 2.58. The lowest BCUT2D eigenvalue weighted by molar-refractivity contribution is 0.415. The summed E-state index contributed by atoms with van der Waals surface area (Å²) in [4.78, 5) is 0. The van der Waals surface area contributed by atoms with Gasteiger partial charge in [-0.05, 0) is 41.8 Å². The van der Waals surface area contributed by atoms with Crippen molar-refractivity contribution in [1.29, 1.82) is 0 Å². The highest BCUT2D eigenvalue weighted by Gasteiger charge is 2.55. The van der Waals surface area contributed by atoms with Crippen molar-refractivity contribution in [1.82, 2.24) is 0 Å². The number of methoxy groups -OCH3 is 1. The predicted molar refractivity (Wildman–Crippen MR) is 102 cm³/mol. The first-order valence-electron chi connectivity index (χ1n) is 8.59. The first-order chi connectivity index (χ1) is 12.3. The van der Waals surface area contributed by atoms with E-state index in [2.05, 4.69) is 72.5 Å². The molecule has 1 atom stereocenters. The zero-order valence-electron chi connectivity index (χ0n) is 14.3. The maximum absolute atomic E-state index is 5.21. The van der Waals surface area contributed by atoms with Gasteiger partial charge in [-0.1, -0.05) is 72.5 Å². The average molecular weight is 324 g/mol. The lowest BCUT2D eigenvalue weighted by atomic mass is 9.86. The molecule has 0 radical (unpaired) electrons.